The molecule has 0 amide bonds. The quantitative estimate of drug-likeness (QED) is 0.545. The number of thiazole rings is 1. The fourth-order valence-corrected chi connectivity index (χ4v) is 4.61. The van der Waals surface area contributed by atoms with Gasteiger partial charge in [0.05, 0.1) is 22.9 Å². The summed E-state index contributed by atoms with van der Waals surface area (Å²) < 4.78 is 68.0. The Balaban J connectivity index is 1.87. The van der Waals surface area contributed by atoms with Crippen LogP contribution >= 0.6 is 22.9 Å². The number of nitrogens with zero attached hydrogens (tertiary/aromatic N) is 1. The standard InChI is InChI=1S/C17H13ClF3N3O2S2/c1-9(10-4-2-3-5-12(10)19)23-14-7-13(20)15(6-11(14)18)28(25,26)24-17-22-8-16(21)27-17/h2-9,23H,1H3,(H,22,24)/t9-/m0/s1. The van der Waals surface area contributed by atoms with Crippen molar-refractivity contribution in [2.75, 3.05) is 10.0 Å². The van der Waals surface area contributed by atoms with E-state index < -0.39 is 37.7 Å². The normalized spacial score (nSPS) is 12.6. The highest BCUT2D eigenvalue weighted by Crippen LogP contribution is 2.32. The summed E-state index contributed by atoms with van der Waals surface area (Å²) in [4.78, 5) is 2.80. The van der Waals surface area contributed by atoms with Gasteiger partial charge in [0.25, 0.3) is 10.0 Å². The molecule has 0 saturated carbocycles. The first-order valence-corrected chi connectivity index (χ1v) is 10.5. The zero-order chi connectivity index (χ0) is 20.5. The van der Waals surface area contributed by atoms with Crippen molar-refractivity contribution in [1.29, 1.82) is 0 Å². The lowest BCUT2D eigenvalue weighted by Crippen LogP contribution is -2.15. The second-order valence-electron chi connectivity index (χ2n) is 5.73. The summed E-state index contributed by atoms with van der Waals surface area (Å²) >= 11 is 6.56. The Morgan fingerprint density at radius 1 is 1.14 bits per heavy atom. The number of sulfonamides is 1. The summed E-state index contributed by atoms with van der Waals surface area (Å²) in [7, 11) is -4.37. The van der Waals surface area contributed by atoms with Crippen molar-refractivity contribution < 1.29 is 21.6 Å². The first-order valence-electron chi connectivity index (χ1n) is 7.81. The first kappa shape index (κ1) is 20.4. The largest absolute Gasteiger partial charge is 0.377 e. The van der Waals surface area contributed by atoms with Gasteiger partial charge in [0.15, 0.2) is 10.3 Å². The lowest BCUT2D eigenvalue weighted by molar-refractivity contribution is 0.570. The van der Waals surface area contributed by atoms with Crippen LogP contribution in [0.15, 0.2) is 47.5 Å². The molecule has 0 aliphatic heterocycles. The number of halogens is 4. The van der Waals surface area contributed by atoms with Crippen LogP contribution in [0.25, 0.3) is 0 Å². The van der Waals surface area contributed by atoms with Crippen LogP contribution < -0.4 is 10.0 Å². The van der Waals surface area contributed by atoms with E-state index in [1.54, 1.807) is 25.1 Å². The molecule has 0 aliphatic rings. The second-order valence-corrected chi connectivity index (χ2v) is 8.76. The van der Waals surface area contributed by atoms with E-state index in [0.717, 1.165) is 18.3 Å². The number of rotatable bonds is 6. The fourth-order valence-electron chi connectivity index (χ4n) is 2.45. The summed E-state index contributed by atoms with van der Waals surface area (Å²) in [6.45, 7) is 1.65. The highest BCUT2D eigenvalue weighted by Gasteiger charge is 2.23. The van der Waals surface area contributed by atoms with Gasteiger partial charge >= 0.3 is 0 Å². The first-order chi connectivity index (χ1) is 13.2. The van der Waals surface area contributed by atoms with Gasteiger partial charge in [-0.15, -0.1) is 0 Å². The van der Waals surface area contributed by atoms with Gasteiger partial charge < -0.3 is 5.32 Å². The van der Waals surface area contributed by atoms with Crippen LogP contribution in [-0.2, 0) is 10.0 Å². The molecule has 0 saturated heterocycles. The van der Waals surface area contributed by atoms with Crippen molar-refractivity contribution in [3.05, 3.63) is 69.9 Å². The van der Waals surface area contributed by atoms with Crippen LogP contribution in [0, 0.1) is 16.8 Å². The molecule has 0 spiro atoms. The average Bonchev–Trinajstić information content (AvgIpc) is 3.02. The maximum atomic E-state index is 14.5. The van der Waals surface area contributed by atoms with Crippen LogP contribution in [-0.4, -0.2) is 13.4 Å². The van der Waals surface area contributed by atoms with E-state index in [9.17, 15) is 21.6 Å². The van der Waals surface area contributed by atoms with Gasteiger partial charge in [0, 0.05) is 5.56 Å². The minimum Gasteiger partial charge on any atom is -0.377 e. The highest BCUT2D eigenvalue weighted by atomic mass is 35.5. The average molecular weight is 448 g/mol. The topological polar surface area (TPSA) is 71.1 Å². The molecular formula is C17H13ClF3N3O2S2. The summed E-state index contributed by atoms with van der Waals surface area (Å²) in [6, 6.07) is 7.31. The molecule has 1 aromatic heterocycles. The van der Waals surface area contributed by atoms with Gasteiger partial charge in [-0.25, -0.2) is 22.2 Å². The molecule has 0 unspecified atom stereocenters. The molecule has 3 rings (SSSR count). The van der Waals surface area contributed by atoms with E-state index >= 15 is 0 Å². The summed E-state index contributed by atoms with van der Waals surface area (Å²) in [5.74, 6) is -1.53. The Morgan fingerprint density at radius 2 is 1.86 bits per heavy atom. The highest BCUT2D eigenvalue weighted by molar-refractivity contribution is 7.93. The van der Waals surface area contributed by atoms with E-state index in [0.29, 0.717) is 16.9 Å². The molecule has 148 valence electrons. The van der Waals surface area contributed by atoms with E-state index in [1.165, 1.54) is 6.07 Å². The second kappa shape index (κ2) is 7.98. The molecule has 0 aliphatic carbocycles. The number of anilines is 2. The predicted molar refractivity (Wildman–Crippen MR) is 103 cm³/mol. The van der Waals surface area contributed by atoms with Gasteiger partial charge in [-0.05, 0) is 25.1 Å². The van der Waals surface area contributed by atoms with Gasteiger partial charge in [-0.1, -0.05) is 41.1 Å². The minimum atomic E-state index is -4.37. The Morgan fingerprint density at radius 3 is 2.50 bits per heavy atom. The number of hydrogen-bond acceptors (Lipinski definition) is 5. The van der Waals surface area contributed by atoms with Crippen molar-refractivity contribution in [1.82, 2.24) is 4.98 Å². The SMILES string of the molecule is C[C@H](Nc1cc(F)c(S(=O)(=O)Nc2ncc(F)s2)cc1Cl)c1ccccc1F. The zero-order valence-corrected chi connectivity index (χ0v) is 16.6. The molecular weight excluding hydrogens is 435 g/mol. The van der Waals surface area contributed by atoms with Gasteiger partial charge in [0.1, 0.15) is 16.5 Å². The number of aromatic nitrogens is 1. The van der Waals surface area contributed by atoms with Crippen LogP contribution in [0.4, 0.5) is 24.0 Å². The van der Waals surface area contributed by atoms with E-state index in [-0.39, 0.29) is 15.8 Å². The Bertz CT molecular complexity index is 1120. The van der Waals surface area contributed by atoms with Gasteiger partial charge in [-0.2, -0.15) is 4.39 Å². The third kappa shape index (κ3) is 4.40. The van der Waals surface area contributed by atoms with Crippen LogP contribution in [0.1, 0.15) is 18.5 Å². The monoisotopic (exact) mass is 447 g/mol. The molecule has 3 aromatic rings. The smallest absolute Gasteiger partial charge is 0.266 e. The van der Waals surface area contributed by atoms with Crippen molar-refractivity contribution in [3.8, 4) is 0 Å². The van der Waals surface area contributed by atoms with Crippen LogP contribution in [0.5, 0.6) is 0 Å². The van der Waals surface area contributed by atoms with Crippen LogP contribution in [0.2, 0.25) is 5.02 Å². The van der Waals surface area contributed by atoms with Crippen molar-refractivity contribution in [2.45, 2.75) is 17.9 Å². The number of benzene rings is 2. The van der Waals surface area contributed by atoms with Gasteiger partial charge in [0.2, 0.25) is 0 Å². The molecule has 0 bridgehead atoms. The van der Waals surface area contributed by atoms with Crippen molar-refractivity contribution in [3.63, 3.8) is 0 Å². The molecule has 11 heteroatoms. The summed E-state index contributed by atoms with van der Waals surface area (Å²) in [5, 5.41) is 1.82. The molecule has 28 heavy (non-hydrogen) atoms. The summed E-state index contributed by atoms with van der Waals surface area (Å²) in [5.41, 5.74) is 0.428. The zero-order valence-electron chi connectivity index (χ0n) is 14.2. The molecule has 1 heterocycles. The number of hydrogen-bond donors (Lipinski definition) is 2. The van der Waals surface area contributed by atoms with Crippen molar-refractivity contribution in [2.24, 2.45) is 0 Å². The number of nitrogens with one attached hydrogen (secondary N) is 2. The lowest BCUT2D eigenvalue weighted by Gasteiger charge is -2.18. The summed E-state index contributed by atoms with van der Waals surface area (Å²) in [6.07, 6.45) is 0.836. The molecule has 2 N–H and O–H groups in total. The maximum absolute atomic E-state index is 14.5. The fraction of sp³-hybridized carbons (Fsp3) is 0.118. The third-order valence-electron chi connectivity index (χ3n) is 3.75. The molecule has 5 nitrogen and oxygen atoms in total. The molecule has 2 aromatic carbocycles. The third-order valence-corrected chi connectivity index (χ3v) is 6.25. The van der Waals surface area contributed by atoms with Gasteiger partial charge in [-0.3, -0.25) is 4.72 Å². The van der Waals surface area contributed by atoms with Crippen molar-refractivity contribution >= 4 is 43.8 Å². The Labute approximate surface area is 168 Å². The Kier molecular flexibility index (Phi) is 5.82. The molecule has 1 atom stereocenters. The lowest BCUT2D eigenvalue weighted by atomic mass is 10.1. The Hall–Kier alpha value is -2.30. The van der Waals surface area contributed by atoms with Crippen LogP contribution in [0.3, 0.4) is 0 Å². The van der Waals surface area contributed by atoms with E-state index in [1.807, 2.05) is 4.72 Å². The maximum Gasteiger partial charge on any atom is 0.266 e. The predicted octanol–water partition coefficient (Wildman–Crippen LogP) is 5.19. The van der Waals surface area contributed by atoms with E-state index in [4.69, 9.17) is 11.6 Å². The molecule has 0 radical (unpaired) electrons. The van der Waals surface area contributed by atoms with E-state index in [2.05, 4.69) is 10.3 Å². The molecule has 0 fully saturated rings. The minimum absolute atomic E-state index is 0.0877.